The smallest absolute Gasteiger partial charge is 0.415 e. The van der Waals surface area contributed by atoms with Crippen LogP contribution in [0, 0.1) is 5.82 Å². The maximum Gasteiger partial charge on any atom is 0.415 e. The number of allylic oxidation sites excluding steroid dienone is 2. The summed E-state index contributed by atoms with van der Waals surface area (Å²) in [5.41, 5.74) is 5.51. The highest BCUT2D eigenvalue weighted by atomic mass is 19.1. The van der Waals surface area contributed by atoms with Gasteiger partial charge in [0.2, 0.25) is 11.7 Å². The Morgan fingerprint density at radius 2 is 1.81 bits per heavy atom. The summed E-state index contributed by atoms with van der Waals surface area (Å²) in [5.74, 6) is 0.240. The number of benzene rings is 2. The summed E-state index contributed by atoms with van der Waals surface area (Å²) in [6.07, 6.45) is 4.86. The van der Waals surface area contributed by atoms with E-state index in [-0.39, 0.29) is 23.9 Å². The van der Waals surface area contributed by atoms with Gasteiger partial charge < -0.3 is 29.2 Å². The summed E-state index contributed by atoms with van der Waals surface area (Å²) in [5, 5.41) is 2.92. The highest BCUT2D eigenvalue weighted by Crippen LogP contribution is 2.45. The quantitative estimate of drug-likeness (QED) is 0.400. The second kappa shape index (κ2) is 12.9. The zero-order chi connectivity index (χ0) is 29.6. The first-order valence-corrected chi connectivity index (χ1v) is 13.6. The second-order valence-electron chi connectivity index (χ2n) is 9.89. The molecule has 1 aliphatic carbocycles. The number of carbonyl (C=O) groups excluding carboxylic acids is 2. The summed E-state index contributed by atoms with van der Waals surface area (Å²) in [7, 11) is 2.97. The number of nitrogens with zero attached hydrogens (tertiary/aromatic N) is 2. The molecule has 0 saturated carbocycles. The molecule has 0 spiro atoms. The van der Waals surface area contributed by atoms with Gasteiger partial charge in [-0.05, 0) is 82.3 Å². The zero-order valence-corrected chi connectivity index (χ0v) is 23.7. The van der Waals surface area contributed by atoms with Crippen LogP contribution in [0.1, 0.15) is 35.6 Å². The van der Waals surface area contributed by atoms with E-state index in [9.17, 15) is 14.0 Å². The molecule has 1 saturated heterocycles. The monoisotopic (exact) mass is 573 g/mol. The van der Waals surface area contributed by atoms with Gasteiger partial charge in [-0.2, -0.15) is 0 Å². The number of carbonyl (C=O) groups is 2. The fourth-order valence-corrected chi connectivity index (χ4v) is 5.06. The van der Waals surface area contributed by atoms with Gasteiger partial charge >= 0.3 is 6.09 Å². The first-order chi connectivity index (χ1) is 20.4. The van der Waals surface area contributed by atoms with Crippen molar-refractivity contribution >= 4 is 29.2 Å². The van der Waals surface area contributed by atoms with E-state index in [1.165, 1.54) is 26.4 Å². The fourth-order valence-electron chi connectivity index (χ4n) is 5.06. The van der Waals surface area contributed by atoms with Gasteiger partial charge in [0.1, 0.15) is 5.82 Å². The molecule has 2 amide bonds. The van der Waals surface area contributed by atoms with Crippen molar-refractivity contribution in [1.82, 2.24) is 15.2 Å². The second-order valence-corrected chi connectivity index (χ2v) is 9.89. The Bertz CT molecular complexity index is 1520. The molecule has 10 heteroatoms. The van der Waals surface area contributed by atoms with Crippen molar-refractivity contribution in [2.75, 3.05) is 40.5 Å². The van der Waals surface area contributed by atoms with Gasteiger partial charge in [0.15, 0.2) is 11.5 Å². The minimum Gasteiger partial charge on any atom is -0.493 e. The van der Waals surface area contributed by atoms with Gasteiger partial charge in [0.05, 0.1) is 33.9 Å². The van der Waals surface area contributed by atoms with Crippen LogP contribution in [0.5, 0.6) is 17.2 Å². The number of ether oxygens (including phenoxy) is 4. The number of fused-ring (bicyclic) bond motifs is 1. The van der Waals surface area contributed by atoms with E-state index < -0.39 is 6.09 Å². The van der Waals surface area contributed by atoms with Crippen molar-refractivity contribution in [3.05, 3.63) is 88.5 Å². The Balaban J connectivity index is 1.44. The summed E-state index contributed by atoms with van der Waals surface area (Å²) >= 11 is 0. The summed E-state index contributed by atoms with van der Waals surface area (Å²) in [6.45, 7) is 4.02. The Morgan fingerprint density at radius 3 is 2.48 bits per heavy atom. The molecule has 3 aromatic rings. The largest absolute Gasteiger partial charge is 0.493 e. The van der Waals surface area contributed by atoms with Crippen LogP contribution >= 0.6 is 0 Å². The Labute approximate surface area is 243 Å². The number of rotatable bonds is 8. The van der Waals surface area contributed by atoms with Crippen LogP contribution in [0.3, 0.4) is 0 Å². The summed E-state index contributed by atoms with van der Waals surface area (Å²) in [6, 6.07) is 11.8. The maximum atomic E-state index is 14.4. The molecule has 1 fully saturated rings. The molecule has 2 heterocycles. The minimum absolute atomic E-state index is 0.0863. The van der Waals surface area contributed by atoms with Crippen LogP contribution < -0.4 is 19.5 Å². The van der Waals surface area contributed by atoms with Crippen molar-refractivity contribution in [1.29, 1.82) is 0 Å². The van der Waals surface area contributed by atoms with E-state index in [0.29, 0.717) is 55.5 Å². The van der Waals surface area contributed by atoms with Crippen molar-refractivity contribution < 1.29 is 32.9 Å². The Kier molecular flexibility index (Phi) is 8.83. The molecule has 2 aromatic carbocycles. The number of amides is 2. The van der Waals surface area contributed by atoms with Crippen LogP contribution in [0.4, 0.5) is 9.18 Å². The lowest BCUT2D eigenvalue weighted by molar-refractivity contribution is -0.120. The summed E-state index contributed by atoms with van der Waals surface area (Å²) in [4.78, 5) is 31.3. The van der Waals surface area contributed by atoms with Crippen LogP contribution in [-0.4, -0.2) is 62.4 Å². The molecular formula is C32H32FN3O6. The highest BCUT2D eigenvalue weighted by Gasteiger charge is 2.27. The molecule has 42 heavy (non-hydrogen) atoms. The van der Waals surface area contributed by atoms with Crippen molar-refractivity contribution in [2.45, 2.75) is 19.9 Å². The Morgan fingerprint density at radius 1 is 1.07 bits per heavy atom. The van der Waals surface area contributed by atoms with Gasteiger partial charge in [-0.1, -0.05) is 12.1 Å². The van der Waals surface area contributed by atoms with E-state index >= 15 is 0 Å². The predicted molar refractivity (Wildman–Crippen MR) is 156 cm³/mol. The van der Waals surface area contributed by atoms with E-state index in [1.54, 1.807) is 35.5 Å². The molecule has 0 radical (unpaired) electrons. The zero-order valence-electron chi connectivity index (χ0n) is 23.7. The van der Waals surface area contributed by atoms with E-state index in [4.69, 9.17) is 18.9 Å². The van der Waals surface area contributed by atoms with Gasteiger partial charge in [-0.15, -0.1) is 0 Å². The number of nitrogens with one attached hydrogen (secondary N) is 1. The number of hydrogen-bond donors (Lipinski definition) is 1. The standard InChI is InChI=1S/C32H32FN3O6/c1-20-25(13-22-14-28(39-2)31(29(15-22)40-3)42-32(38)36-9-11-41-12-10-36)24-7-6-23(33)16-27(24)26(20)17-30(37)35-19-21-5-4-8-34-18-21/h4-8,13-16,18H,9-12,17,19H2,1-3H3,(H,35,37). The van der Waals surface area contributed by atoms with Crippen molar-refractivity contribution in [3.8, 4) is 17.2 Å². The fraction of sp³-hybridized carbons (Fsp3) is 0.281. The lowest BCUT2D eigenvalue weighted by Crippen LogP contribution is -2.42. The number of morpholine rings is 1. The average molecular weight is 574 g/mol. The van der Waals surface area contributed by atoms with Gasteiger partial charge in [0, 0.05) is 32.0 Å². The molecule has 1 aliphatic heterocycles. The van der Waals surface area contributed by atoms with Crippen LogP contribution in [0.15, 0.2) is 60.4 Å². The van der Waals surface area contributed by atoms with Gasteiger partial charge in [-0.25, -0.2) is 9.18 Å². The average Bonchev–Trinajstić information content (AvgIpc) is 3.26. The third-order valence-electron chi connectivity index (χ3n) is 7.26. The topological polar surface area (TPSA) is 99.2 Å². The third-order valence-corrected chi connectivity index (χ3v) is 7.26. The highest BCUT2D eigenvalue weighted by molar-refractivity contribution is 6.08. The van der Waals surface area contributed by atoms with E-state index in [0.717, 1.165) is 27.8 Å². The number of halogens is 1. The van der Waals surface area contributed by atoms with Gasteiger partial charge in [0.25, 0.3) is 0 Å². The lowest BCUT2D eigenvalue weighted by Gasteiger charge is -2.26. The lowest BCUT2D eigenvalue weighted by atomic mass is 10.00. The first kappa shape index (κ1) is 28.8. The molecule has 0 atom stereocenters. The van der Waals surface area contributed by atoms with Crippen LogP contribution in [0.25, 0.3) is 17.2 Å². The number of methoxy groups -OCH3 is 2. The third kappa shape index (κ3) is 6.28. The molecule has 5 rings (SSSR count). The predicted octanol–water partition coefficient (Wildman–Crippen LogP) is 5.10. The molecule has 0 bridgehead atoms. The molecular weight excluding hydrogens is 541 g/mol. The van der Waals surface area contributed by atoms with E-state index in [2.05, 4.69) is 10.3 Å². The maximum absolute atomic E-state index is 14.4. The van der Waals surface area contributed by atoms with Crippen LogP contribution in [0.2, 0.25) is 0 Å². The number of aromatic nitrogens is 1. The minimum atomic E-state index is -0.516. The molecule has 1 N–H and O–H groups in total. The SMILES string of the molecule is COc1cc(C=C2C(C)=C(CC(=O)NCc3cccnc3)c3cc(F)ccc32)cc(OC)c1OC(=O)N1CCOCC1. The molecule has 2 aliphatic rings. The van der Waals surface area contributed by atoms with Crippen LogP contribution in [-0.2, 0) is 16.1 Å². The first-order valence-electron chi connectivity index (χ1n) is 13.6. The van der Waals surface area contributed by atoms with Gasteiger partial charge in [-0.3, -0.25) is 9.78 Å². The van der Waals surface area contributed by atoms with E-state index in [1.807, 2.05) is 25.1 Å². The number of pyridine rings is 1. The molecule has 218 valence electrons. The molecule has 1 aromatic heterocycles. The number of hydrogen-bond acceptors (Lipinski definition) is 7. The summed E-state index contributed by atoms with van der Waals surface area (Å²) < 4.78 is 36.5. The molecule has 9 nitrogen and oxygen atoms in total. The van der Waals surface area contributed by atoms with Crippen molar-refractivity contribution in [3.63, 3.8) is 0 Å². The molecule has 0 unspecified atom stereocenters. The Hall–Kier alpha value is -4.70. The normalized spacial score (nSPS) is 15.4. The van der Waals surface area contributed by atoms with Crippen molar-refractivity contribution in [2.24, 2.45) is 0 Å².